The highest BCUT2D eigenvalue weighted by Gasteiger charge is 2.29. The number of carbonyl (C=O) groups is 2. The van der Waals surface area contributed by atoms with Crippen LogP contribution in [0.15, 0.2) is 48.5 Å². The molecule has 1 fully saturated rings. The van der Waals surface area contributed by atoms with E-state index >= 15 is 0 Å². The average Bonchev–Trinajstić information content (AvgIpc) is 3.41. The predicted molar refractivity (Wildman–Crippen MR) is 96.4 cm³/mol. The molecule has 1 aliphatic rings. The topological polar surface area (TPSA) is 70.2 Å². The standard InChI is InChI=1S/C18H18ClN3O2/c19-15-3-1-2-4-16(15)22-17(23)11-20-13-7-9-14(10-8-13)21-18(24)12-5-6-12/h1-4,7-10,12,20H,5-6,11H2,(H,21,24)(H,22,23). The molecular formula is C18H18ClN3O2. The number of anilines is 3. The van der Waals surface area contributed by atoms with Crippen LogP contribution >= 0.6 is 11.6 Å². The molecule has 0 spiro atoms. The Bertz CT molecular complexity index is 742. The Labute approximate surface area is 145 Å². The maximum atomic E-state index is 11.9. The molecule has 0 aromatic heterocycles. The highest BCUT2D eigenvalue weighted by molar-refractivity contribution is 6.33. The molecule has 1 saturated carbocycles. The van der Waals surface area contributed by atoms with Gasteiger partial charge in [0.2, 0.25) is 11.8 Å². The molecular weight excluding hydrogens is 326 g/mol. The van der Waals surface area contributed by atoms with Gasteiger partial charge in [0.15, 0.2) is 0 Å². The van der Waals surface area contributed by atoms with Crippen molar-refractivity contribution in [2.75, 3.05) is 22.5 Å². The van der Waals surface area contributed by atoms with Gasteiger partial charge in [-0.1, -0.05) is 23.7 Å². The van der Waals surface area contributed by atoms with Gasteiger partial charge in [-0.25, -0.2) is 0 Å². The third-order valence-corrected chi connectivity index (χ3v) is 4.03. The first-order valence-corrected chi connectivity index (χ1v) is 8.19. The van der Waals surface area contributed by atoms with Crippen molar-refractivity contribution in [2.45, 2.75) is 12.8 Å². The van der Waals surface area contributed by atoms with Crippen molar-refractivity contribution in [1.29, 1.82) is 0 Å². The van der Waals surface area contributed by atoms with Crippen molar-refractivity contribution in [3.8, 4) is 0 Å². The Hall–Kier alpha value is -2.53. The molecule has 2 aromatic rings. The van der Waals surface area contributed by atoms with Crippen molar-refractivity contribution in [1.82, 2.24) is 0 Å². The lowest BCUT2D eigenvalue weighted by molar-refractivity contribution is -0.117. The van der Waals surface area contributed by atoms with Crippen LogP contribution in [-0.4, -0.2) is 18.4 Å². The largest absolute Gasteiger partial charge is 0.376 e. The van der Waals surface area contributed by atoms with Gasteiger partial charge in [-0.15, -0.1) is 0 Å². The number of hydrogen-bond donors (Lipinski definition) is 3. The molecule has 5 nitrogen and oxygen atoms in total. The summed E-state index contributed by atoms with van der Waals surface area (Å²) >= 11 is 6.00. The normalized spacial score (nSPS) is 13.2. The minimum absolute atomic E-state index is 0.0785. The van der Waals surface area contributed by atoms with Gasteiger partial charge in [-0.2, -0.15) is 0 Å². The van der Waals surface area contributed by atoms with E-state index in [1.165, 1.54) is 0 Å². The molecule has 124 valence electrons. The fraction of sp³-hybridized carbons (Fsp3) is 0.222. The Kier molecular flexibility index (Phi) is 5.01. The van der Waals surface area contributed by atoms with Crippen LogP contribution in [0.4, 0.5) is 17.1 Å². The van der Waals surface area contributed by atoms with Crippen LogP contribution in [0.25, 0.3) is 0 Å². The van der Waals surface area contributed by atoms with Gasteiger partial charge in [0.1, 0.15) is 0 Å². The monoisotopic (exact) mass is 343 g/mol. The molecule has 0 atom stereocenters. The Morgan fingerprint density at radius 1 is 0.958 bits per heavy atom. The number of para-hydroxylation sites is 1. The molecule has 0 radical (unpaired) electrons. The predicted octanol–water partition coefficient (Wildman–Crippen LogP) is 3.74. The summed E-state index contributed by atoms with van der Waals surface area (Å²) < 4.78 is 0. The molecule has 1 aliphatic carbocycles. The van der Waals surface area contributed by atoms with E-state index in [4.69, 9.17) is 11.6 Å². The van der Waals surface area contributed by atoms with Crippen molar-refractivity contribution < 1.29 is 9.59 Å². The van der Waals surface area contributed by atoms with Gasteiger partial charge in [0, 0.05) is 17.3 Å². The molecule has 0 saturated heterocycles. The summed E-state index contributed by atoms with van der Waals surface area (Å²) in [5.41, 5.74) is 2.15. The van der Waals surface area contributed by atoms with Crippen molar-refractivity contribution in [3.63, 3.8) is 0 Å². The van der Waals surface area contributed by atoms with Gasteiger partial charge in [-0.3, -0.25) is 9.59 Å². The fourth-order valence-corrected chi connectivity index (χ4v) is 2.38. The maximum Gasteiger partial charge on any atom is 0.243 e. The van der Waals surface area contributed by atoms with Crippen LogP contribution in [0, 0.1) is 5.92 Å². The summed E-state index contributed by atoms with van der Waals surface area (Å²) in [7, 11) is 0. The first-order chi connectivity index (χ1) is 11.6. The van der Waals surface area contributed by atoms with Crippen LogP contribution in [0.1, 0.15) is 12.8 Å². The van der Waals surface area contributed by atoms with Gasteiger partial charge >= 0.3 is 0 Å². The van der Waals surface area contributed by atoms with E-state index in [2.05, 4.69) is 16.0 Å². The van der Waals surface area contributed by atoms with Gasteiger partial charge < -0.3 is 16.0 Å². The SMILES string of the molecule is O=C(CNc1ccc(NC(=O)C2CC2)cc1)Nc1ccccc1Cl. The molecule has 0 bridgehead atoms. The Morgan fingerprint density at radius 2 is 1.62 bits per heavy atom. The minimum atomic E-state index is -0.186. The molecule has 0 unspecified atom stereocenters. The second kappa shape index (κ2) is 7.36. The molecule has 6 heteroatoms. The van der Waals surface area contributed by atoms with Gasteiger partial charge in [0.05, 0.1) is 17.3 Å². The highest BCUT2D eigenvalue weighted by atomic mass is 35.5. The first-order valence-electron chi connectivity index (χ1n) is 7.81. The minimum Gasteiger partial charge on any atom is -0.376 e. The third-order valence-electron chi connectivity index (χ3n) is 3.70. The lowest BCUT2D eigenvalue weighted by Gasteiger charge is -2.10. The molecule has 0 aliphatic heterocycles. The fourth-order valence-electron chi connectivity index (χ4n) is 2.20. The molecule has 24 heavy (non-hydrogen) atoms. The number of hydrogen-bond acceptors (Lipinski definition) is 3. The van der Waals surface area contributed by atoms with E-state index in [9.17, 15) is 9.59 Å². The van der Waals surface area contributed by atoms with Crippen molar-refractivity contribution in [2.24, 2.45) is 5.92 Å². The molecule has 2 aromatic carbocycles. The number of halogens is 1. The molecule has 3 N–H and O–H groups in total. The zero-order chi connectivity index (χ0) is 16.9. The Balaban J connectivity index is 1.48. The summed E-state index contributed by atoms with van der Waals surface area (Å²) in [4.78, 5) is 23.6. The Morgan fingerprint density at radius 3 is 2.29 bits per heavy atom. The van der Waals surface area contributed by atoms with Crippen molar-refractivity contribution >= 4 is 40.5 Å². The van der Waals surface area contributed by atoms with E-state index < -0.39 is 0 Å². The number of amides is 2. The zero-order valence-electron chi connectivity index (χ0n) is 13.0. The lowest BCUT2D eigenvalue weighted by Crippen LogP contribution is -2.21. The van der Waals surface area contributed by atoms with E-state index in [0.29, 0.717) is 10.7 Å². The third kappa shape index (κ3) is 4.49. The summed E-state index contributed by atoms with van der Waals surface area (Å²) in [6, 6.07) is 14.4. The average molecular weight is 344 g/mol. The lowest BCUT2D eigenvalue weighted by atomic mass is 10.2. The molecule has 3 rings (SSSR count). The number of rotatable bonds is 6. The van der Waals surface area contributed by atoms with Gasteiger partial charge in [0.25, 0.3) is 0 Å². The van der Waals surface area contributed by atoms with E-state index in [1.54, 1.807) is 18.2 Å². The molecule has 2 amide bonds. The molecule has 0 heterocycles. The van der Waals surface area contributed by atoms with E-state index in [-0.39, 0.29) is 24.3 Å². The summed E-state index contributed by atoms with van der Waals surface area (Å²) in [5.74, 6) is 0.0698. The summed E-state index contributed by atoms with van der Waals surface area (Å²) in [5, 5.41) is 9.15. The first kappa shape index (κ1) is 16.3. The van der Waals surface area contributed by atoms with Crippen molar-refractivity contribution in [3.05, 3.63) is 53.6 Å². The van der Waals surface area contributed by atoms with Crippen LogP contribution in [0.3, 0.4) is 0 Å². The van der Waals surface area contributed by atoms with Gasteiger partial charge in [-0.05, 0) is 49.2 Å². The van der Waals surface area contributed by atoms with Crippen LogP contribution in [0.2, 0.25) is 5.02 Å². The maximum absolute atomic E-state index is 11.9. The second-order valence-electron chi connectivity index (χ2n) is 5.72. The summed E-state index contributed by atoms with van der Waals surface area (Å²) in [6.45, 7) is 0.124. The second-order valence-corrected chi connectivity index (χ2v) is 6.13. The highest BCUT2D eigenvalue weighted by Crippen LogP contribution is 2.30. The number of benzene rings is 2. The van der Waals surface area contributed by atoms with E-state index in [1.807, 2.05) is 30.3 Å². The number of carbonyl (C=O) groups excluding carboxylic acids is 2. The zero-order valence-corrected chi connectivity index (χ0v) is 13.8. The van der Waals surface area contributed by atoms with Crippen LogP contribution in [-0.2, 0) is 9.59 Å². The van der Waals surface area contributed by atoms with Crippen LogP contribution in [0.5, 0.6) is 0 Å². The van der Waals surface area contributed by atoms with E-state index in [0.717, 1.165) is 24.2 Å². The quantitative estimate of drug-likeness (QED) is 0.748. The smallest absolute Gasteiger partial charge is 0.243 e. The van der Waals surface area contributed by atoms with Crippen LogP contribution < -0.4 is 16.0 Å². The number of nitrogens with one attached hydrogen (secondary N) is 3. The summed E-state index contributed by atoms with van der Waals surface area (Å²) in [6.07, 6.45) is 1.96.